The number of aliphatic hydroxyl groups is 1. The fourth-order valence-electron chi connectivity index (χ4n) is 2.97. The molecule has 0 spiro atoms. The molecule has 0 aliphatic carbocycles. The zero-order chi connectivity index (χ0) is 19.8. The minimum absolute atomic E-state index is 0.149. The van der Waals surface area contributed by atoms with E-state index in [-0.39, 0.29) is 11.1 Å². The van der Waals surface area contributed by atoms with Crippen molar-refractivity contribution in [3.05, 3.63) is 70.8 Å². The lowest BCUT2D eigenvalue weighted by Gasteiger charge is -2.31. The first kappa shape index (κ1) is 19.1. The van der Waals surface area contributed by atoms with Gasteiger partial charge in [0, 0.05) is 11.1 Å². The molecule has 2 aromatic rings. The molecule has 0 saturated carbocycles. The lowest BCUT2D eigenvalue weighted by molar-refractivity contribution is -0.0816. The first-order chi connectivity index (χ1) is 12.6. The van der Waals surface area contributed by atoms with E-state index in [0.717, 1.165) is 17.5 Å². The first-order valence-corrected chi connectivity index (χ1v) is 8.53. The van der Waals surface area contributed by atoms with Gasteiger partial charge in [0.15, 0.2) is 5.72 Å². The van der Waals surface area contributed by atoms with Gasteiger partial charge < -0.3 is 5.11 Å². The Labute approximate surface area is 154 Å². The van der Waals surface area contributed by atoms with E-state index >= 15 is 0 Å². The second-order valence-corrected chi connectivity index (χ2v) is 6.57. The normalized spacial score (nSPS) is 19.9. The Morgan fingerprint density at radius 3 is 2.26 bits per heavy atom. The quantitative estimate of drug-likeness (QED) is 0.874. The number of rotatable bonds is 3. The summed E-state index contributed by atoms with van der Waals surface area (Å²) in [5.74, 6) is -0.795. The van der Waals surface area contributed by atoms with Crippen molar-refractivity contribution >= 4 is 11.6 Å². The number of hydrogen-bond acceptors (Lipinski definition) is 3. The Balaban J connectivity index is 2.05. The van der Waals surface area contributed by atoms with Crippen molar-refractivity contribution in [3.63, 3.8) is 0 Å². The minimum atomic E-state index is -4.74. The molecule has 0 bridgehead atoms. The maximum atomic E-state index is 13.3. The highest BCUT2D eigenvalue weighted by Gasteiger charge is 2.53. The fourth-order valence-corrected chi connectivity index (χ4v) is 2.97. The molecule has 4 nitrogen and oxygen atoms in total. The molecule has 1 amide bonds. The molecule has 3 rings (SSSR count). The Morgan fingerprint density at radius 2 is 1.74 bits per heavy atom. The number of carbonyl (C=O) groups is 1. The van der Waals surface area contributed by atoms with Gasteiger partial charge in [-0.3, -0.25) is 4.79 Å². The lowest BCUT2D eigenvalue weighted by Crippen LogP contribution is -2.43. The van der Waals surface area contributed by atoms with Gasteiger partial charge in [0.2, 0.25) is 0 Å². The van der Waals surface area contributed by atoms with Crippen molar-refractivity contribution in [2.45, 2.75) is 38.6 Å². The van der Waals surface area contributed by atoms with Gasteiger partial charge >= 0.3 is 6.18 Å². The summed E-state index contributed by atoms with van der Waals surface area (Å²) in [6.07, 6.45) is -4.81. The molecule has 27 heavy (non-hydrogen) atoms. The van der Waals surface area contributed by atoms with Crippen LogP contribution in [0.2, 0.25) is 0 Å². The molecule has 142 valence electrons. The van der Waals surface area contributed by atoms with E-state index in [1.165, 1.54) is 24.3 Å². The van der Waals surface area contributed by atoms with Crippen LogP contribution in [0, 0.1) is 6.92 Å². The summed E-state index contributed by atoms with van der Waals surface area (Å²) in [5.41, 5.74) is -1.19. The number of halogens is 3. The highest BCUT2D eigenvalue weighted by molar-refractivity contribution is 5.99. The van der Waals surface area contributed by atoms with E-state index in [4.69, 9.17) is 0 Å². The van der Waals surface area contributed by atoms with E-state index < -0.39 is 29.9 Å². The third kappa shape index (κ3) is 3.60. The number of carbonyl (C=O) groups excluding carboxylic acids is 1. The van der Waals surface area contributed by atoms with Gasteiger partial charge in [-0.25, -0.2) is 0 Å². The van der Waals surface area contributed by atoms with E-state index in [1.807, 2.05) is 13.8 Å². The van der Waals surface area contributed by atoms with Crippen LogP contribution in [0.4, 0.5) is 13.2 Å². The van der Waals surface area contributed by atoms with Gasteiger partial charge in [0.25, 0.3) is 5.91 Å². The van der Waals surface area contributed by atoms with Crippen molar-refractivity contribution in [2.24, 2.45) is 5.10 Å². The number of benzene rings is 2. The SMILES string of the molecule is CCc1ccc(C2(O)CC(C(F)(F)F)=NN2C(=O)c2ccc(C)cc2)cc1. The largest absolute Gasteiger partial charge is 0.431 e. The standard InChI is InChI=1S/C20H19F3N2O2/c1-3-14-6-10-16(11-7-14)19(27)12-17(20(21,22)23)24-25(19)18(26)15-8-4-13(2)5-9-15/h4-11,27H,3,12H2,1-2H3. The molecule has 1 unspecified atom stereocenters. The van der Waals surface area contributed by atoms with Crippen LogP contribution in [0.3, 0.4) is 0 Å². The molecule has 0 aromatic heterocycles. The number of hydrogen-bond donors (Lipinski definition) is 1. The Morgan fingerprint density at radius 1 is 1.15 bits per heavy atom. The van der Waals surface area contributed by atoms with Gasteiger partial charge in [-0.05, 0) is 31.0 Å². The second-order valence-electron chi connectivity index (χ2n) is 6.57. The molecule has 7 heteroatoms. The molecule has 1 heterocycles. The van der Waals surface area contributed by atoms with Crippen LogP contribution in [0.25, 0.3) is 0 Å². The van der Waals surface area contributed by atoms with E-state index in [2.05, 4.69) is 5.10 Å². The number of alkyl halides is 3. The summed E-state index contributed by atoms with van der Waals surface area (Å²) in [4.78, 5) is 12.8. The van der Waals surface area contributed by atoms with E-state index in [9.17, 15) is 23.1 Å². The van der Waals surface area contributed by atoms with Crippen LogP contribution in [0.15, 0.2) is 53.6 Å². The van der Waals surface area contributed by atoms with Gasteiger partial charge in [0.1, 0.15) is 5.71 Å². The van der Waals surface area contributed by atoms with E-state index in [1.54, 1.807) is 24.3 Å². The highest BCUT2D eigenvalue weighted by atomic mass is 19.4. The highest BCUT2D eigenvalue weighted by Crippen LogP contribution is 2.40. The van der Waals surface area contributed by atoms with Crippen molar-refractivity contribution < 1.29 is 23.1 Å². The van der Waals surface area contributed by atoms with Crippen LogP contribution in [-0.4, -0.2) is 27.9 Å². The van der Waals surface area contributed by atoms with Crippen molar-refractivity contribution in [3.8, 4) is 0 Å². The summed E-state index contributed by atoms with van der Waals surface area (Å²) in [6, 6.07) is 12.8. The topological polar surface area (TPSA) is 52.9 Å². The molecule has 0 saturated heterocycles. The van der Waals surface area contributed by atoms with Crippen LogP contribution < -0.4 is 0 Å². The van der Waals surface area contributed by atoms with Crippen molar-refractivity contribution in [1.82, 2.24) is 5.01 Å². The third-order valence-electron chi connectivity index (χ3n) is 4.63. The Kier molecular flexibility index (Phi) is 4.82. The summed E-state index contributed by atoms with van der Waals surface area (Å²) in [5, 5.41) is 15.1. The summed E-state index contributed by atoms with van der Waals surface area (Å²) in [7, 11) is 0. The summed E-state index contributed by atoms with van der Waals surface area (Å²) < 4.78 is 39.8. The fraction of sp³-hybridized carbons (Fsp3) is 0.300. The van der Waals surface area contributed by atoms with Crippen molar-refractivity contribution in [2.75, 3.05) is 0 Å². The third-order valence-corrected chi connectivity index (χ3v) is 4.63. The zero-order valence-corrected chi connectivity index (χ0v) is 14.9. The molecular weight excluding hydrogens is 357 g/mol. The average Bonchev–Trinajstić information content (AvgIpc) is 3.01. The summed E-state index contributed by atoms with van der Waals surface area (Å²) in [6.45, 7) is 3.77. The number of hydrazone groups is 1. The van der Waals surface area contributed by atoms with Gasteiger partial charge in [-0.15, -0.1) is 0 Å². The van der Waals surface area contributed by atoms with Crippen LogP contribution >= 0.6 is 0 Å². The van der Waals surface area contributed by atoms with Gasteiger partial charge in [-0.1, -0.05) is 48.9 Å². The first-order valence-electron chi connectivity index (χ1n) is 8.53. The monoisotopic (exact) mass is 376 g/mol. The van der Waals surface area contributed by atoms with Crippen LogP contribution in [0.5, 0.6) is 0 Å². The molecule has 2 aromatic carbocycles. The van der Waals surface area contributed by atoms with Crippen LogP contribution in [0.1, 0.15) is 40.4 Å². The Hall–Kier alpha value is -2.67. The smallest absolute Gasteiger partial charge is 0.365 e. The second kappa shape index (κ2) is 6.81. The molecule has 1 atom stereocenters. The maximum absolute atomic E-state index is 13.3. The van der Waals surface area contributed by atoms with E-state index in [0.29, 0.717) is 5.01 Å². The van der Waals surface area contributed by atoms with Crippen molar-refractivity contribution in [1.29, 1.82) is 0 Å². The lowest BCUT2D eigenvalue weighted by atomic mass is 9.95. The average molecular weight is 376 g/mol. The molecular formula is C20H19F3N2O2. The van der Waals surface area contributed by atoms with Crippen LogP contribution in [-0.2, 0) is 12.1 Å². The zero-order valence-electron chi connectivity index (χ0n) is 14.9. The maximum Gasteiger partial charge on any atom is 0.431 e. The molecule has 1 N–H and O–H groups in total. The number of amides is 1. The molecule has 1 aliphatic heterocycles. The Bertz CT molecular complexity index is 874. The summed E-state index contributed by atoms with van der Waals surface area (Å²) >= 11 is 0. The molecule has 0 radical (unpaired) electrons. The molecule has 0 fully saturated rings. The number of aryl methyl sites for hydroxylation is 2. The van der Waals surface area contributed by atoms with Gasteiger partial charge in [0.05, 0.1) is 6.42 Å². The number of nitrogens with zero attached hydrogens (tertiary/aromatic N) is 2. The predicted octanol–water partition coefficient (Wildman–Crippen LogP) is 4.17. The van der Waals surface area contributed by atoms with Gasteiger partial charge in [-0.2, -0.15) is 23.3 Å². The molecule has 1 aliphatic rings. The predicted molar refractivity (Wildman–Crippen MR) is 95.2 cm³/mol. The minimum Gasteiger partial charge on any atom is -0.365 e.